The van der Waals surface area contributed by atoms with Crippen molar-refractivity contribution in [3.05, 3.63) is 35.9 Å². The molecule has 0 radical (unpaired) electrons. The number of amides is 2. The minimum Gasteiger partial charge on any atom is -0.466 e. The van der Waals surface area contributed by atoms with Crippen LogP contribution in [0, 0.1) is 0 Å². The van der Waals surface area contributed by atoms with Crippen LogP contribution in [-0.2, 0) is 40.0 Å². The average Bonchev–Trinajstić information content (AvgIpc) is 2.82. The maximum atomic E-state index is 12.7. The number of rotatable bonds is 11. The molecule has 0 aliphatic carbocycles. The number of nitrogens with zero attached hydrogens (tertiary/aromatic N) is 1. The van der Waals surface area contributed by atoms with Crippen molar-refractivity contribution in [2.45, 2.75) is 78.2 Å². The Kier molecular flexibility index (Phi) is 13.6. The highest BCUT2D eigenvalue weighted by Crippen LogP contribution is 2.12. The number of esters is 2. The van der Waals surface area contributed by atoms with Gasteiger partial charge in [0.2, 0.25) is 12.6 Å². The molecule has 3 N–H and O–H groups in total. The molecule has 1 aromatic carbocycles. The van der Waals surface area contributed by atoms with Crippen LogP contribution < -0.4 is 16.0 Å². The van der Waals surface area contributed by atoms with Crippen molar-refractivity contribution >= 4 is 30.1 Å². The van der Waals surface area contributed by atoms with Crippen molar-refractivity contribution in [2.75, 3.05) is 20.3 Å². The van der Waals surface area contributed by atoms with Crippen molar-refractivity contribution in [2.24, 2.45) is 5.16 Å². The summed E-state index contributed by atoms with van der Waals surface area (Å²) in [6.45, 7) is 10.0. The SMILES string of the molecule is COC(=O)CON=C(NCCC[C@H](NC(=O)OC(C)(C)C)C(=O)OC(C)(C)C)NC(=O)OCc1ccccc1. The van der Waals surface area contributed by atoms with Crippen molar-refractivity contribution in [3.63, 3.8) is 0 Å². The molecule has 39 heavy (non-hydrogen) atoms. The lowest BCUT2D eigenvalue weighted by Gasteiger charge is -2.26. The molecule has 2 amide bonds. The van der Waals surface area contributed by atoms with Gasteiger partial charge < -0.3 is 34.4 Å². The minimum absolute atomic E-state index is 0.0247. The van der Waals surface area contributed by atoms with E-state index < -0.39 is 48.0 Å². The first-order valence-electron chi connectivity index (χ1n) is 12.4. The van der Waals surface area contributed by atoms with E-state index in [1.165, 1.54) is 7.11 Å². The number of ether oxygens (including phenoxy) is 4. The van der Waals surface area contributed by atoms with Gasteiger partial charge in [-0.1, -0.05) is 30.3 Å². The van der Waals surface area contributed by atoms with Gasteiger partial charge in [0.05, 0.1) is 7.11 Å². The molecule has 218 valence electrons. The molecule has 0 saturated carbocycles. The number of guanidine groups is 1. The third kappa shape index (κ3) is 16.4. The third-order valence-corrected chi connectivity index (χ3v) is 4.34. The molecule has 0 bridgehead atoms. The highest BCUT2D eigenvalue weighted by atomic mass is 16.7. The highest BCUT2D eigenvalue weighted by molar-refractivity contribution is 5.93. The fourth-order valence-corrected chi connectivity index (χ4v) is 2.75. The number of methoxy groups -OCH3 is 1. The molecule has 0 aromatic heterocycles. The van der Waals surface area contributed by atoms with Crippen LogP contribution in [0.5, 0.6) is 0 Å². The first kappa shape index (κ1) is 33.0. The summed E-state index contributed by atoms with van der Waals surface area (Å²) in [4.78, 5) is 53.4. The summed E-state index contributed by atoms with van der Waals surface area (Å²) >= 11 is 0. The lowest BCUT2D eigenvalue weighted by molar-refractivity contribution is -0.157. The number of oxime groups is 1. The van der Waals surface area contributed by atoms with E-state index in [0.717, 1.165) is 5.56 Å². The Morgan fingerprint density at radius 3 is 2.15 bits per heavy atom. The van der Waals surface area contributed by atoms with E-state index in [0.29, 0.717) is 6.42 Å². The Balaban J connectivity index is 2.76. The van der Waals surface area contributed by atoms with Crippen LogP contribution in [0.3, 0.4) is 0 Å². The van der Waals surface area contributed by atoms with Crippen LogP contribution >= 0.6 is 0 Å². The second-order valence-electron chi connectivity index (χ2n) is 10.3. The Hall–Kier alpha value is -4.03. The first-order chi connectivity index (χ1) is 18.2. The Bertz CT molecular complexity index is 970. The summed E-state index contributed by atoms with van der Waals surface area (Å²) in [7, 11) is 1.19. The van der Waals surface area contributed by atoms with Gasteiger partial charge in [0.15, 0.2) is 0 Å². The standard InChI is InChI=1S/C26H40N4O9/c1-25(2,3)38-21(32)19(28-24(34)39-26(4,5)6)14-11-15-27-22(30-37-17-20(31)35-7)29-23(33)36-16-18-12-9-8-10-13-18/h8-10,12-13,19H,11,14-17H2,1-7H3,(H,28,34)(H2,27,29,30,33)/t19-/m0/s1. The Morgan fingerprint density at radius 1 is 0.923 bits per heavy atom. The summed E-state index contributed by atoms with van der Waals surface area (Å²) in [6, 6.07) is 8.08. The van der Waals surface area contributed by atoms with E-state index in [4.69, 9.17) is 19.0 Å². The lowest BCUT2D eigenvalue weighted by Crippen LogP contribution is -2.46. The van der Waals surface area contributed by atoms with Gasteiger partial charge in [0, 0.05) is 6.54 Å². The Labute approximate surface area is 228 Å². The third-order valence-electron chi connectivity index (χ3n) is 4.34. The van der Waals surface area contributed by atoms with Gasteiger partial charge in [-0.3, -0.25) is 5.32 Å². The predicted octanol–water partition coefficient (Wildman–Crippen LogP) is 2.98. The van der Waals surface area contributed by atoms with Gasteiger partial charge in [-0.05, 0) is 65.1 Å². The molecule has 13 nitrogen and oxygen atoms in total. The maximum Gasteiger partial charge on any atom is 0.414 e. The van der Waals surface area contributed by atoms with Gasteiger partial charge >= 0.3 is 24.1 Å². The molecule has 0 spiro atoms. The van der Waals surface area contributed by atoms with Crippen molar-refractivity contribution in [1.29, 1.82) is 0 Å². The summed E-state index contributed by atoms with van der Waals surface area (Å²) in [5, 5.41) is 11.5. The van der Waals surface area contributed by atoms with Gasteiger partial charge in [-0.25, -0.2) is 19.2 Å². The Morgan fingerprint density at radius 2 is 1.56 bits per heavy atom. The van der Waals surface area contributed by atoms with Crippen LogP contribution in [-0.4, -0.2) is 67.6 Å². The second kappa shape index (κ2) is 16.0. The summed E-state index contributed by atoms with van der Waals surface area (Å²) in [6.07, 6.45) is -1.07. The van der Waals surface area contributed by atoms with Gasteiger partial charge in [-0.15, -0.1) is 0 Å². The quantitative estimate of drug-likeness (QED) is 0.0929. The van der Waals surface area contributed by atoms with E-state index >= 15 is 0 Å². The molecule has 0 aliphatic rings. The van der Waals surface area contributed by atoms with Gasteiger partial charge in [-0.2, -0.15) is 0 Å². The van der Waals surface area contributed by atoms with Crippen LogP contribution in [0.4, 0.5) is 9.59 Å². The largest absolute Gasteiger partial charge is 0.466 e. The normalized spacial score (nSPS) is 12.4. The molecule has 0 fully saturated rings. The smallest absolute Gasteiger partial charge is 0.414 e. The number of carbonyl (C=O) groups is 4. The lowest BCUT2D eigenvalue weighted by atomic mass is 10.1. The van der Waals surface area contributed by atoms with E-state index in [1.54, 1.807) is 53.7 Å². The van der Waals surface area contributed by atoms with Crippen LogP contribution in [0.1, 0.15) is 59.9 Å². The zero-order valence-electron chi connectivity index (χ0n) is 23.6. The molecule has 1 atom stereocenters. The van der Waals surface area contributed by atoms with Crippen LogP contribution in [0.25, 0.3) is 0 Å². The topological polar surface area (TPSA) is 163 Å². The fraction of sp³-hybridized carbons (Fsp3) is 0.577. The van der Waals surface area contributed by atoms with E-state index in [9.17, 15) is 19.2 Å². The van der Waals surface area contributed by atoms with Crippen molar-refractivity contribution in [1.82, 2.24) is 16.0 Å². The molecule has 13 heteroatoms. The number of carbonyl (C=O) groups excluding carboxylic acids is 4. The minimum atomic E-state index is -0.986. The van der Waals surface area contributed by atoms with E-state index in [-0.39, 0.29) is 25.5 Å². The van der Waals surface area contributed by atoms with Crippen molar-refractivity contribution in [3.8, 4) is 0 Å². The molecular formula is C26H40N4O9. The van der Waals surface area contributed by atoms with Crippen LogP contribution in [0.15, 0.2) is 35.5 Å². The number of hydrogen-bond donors (Lipinski definition) is 3. The molecular weight excluding hydrogens is 512 g/mol. The second-order valence-corrected chi connectivity index (χ2v) is 10.3. The van der Waals surface area contributed by atoms with Gasteiger partial charge in [0.1, 0.15) is 23.9 Å². The van der Waals surface area contributed by atoms with Crippen molar-refractivity contribution < 1.29 is 43.0 Å². The van der Waals surface area contributed by atoms with E-state index in [1.807, 2.05) is 18.2 Å². The molecule has 0 saturated heterocycles. The summed E-state index contributed by atoms with van der Waals surface area (Å²) < 4.78 is 20.3. The number of alkyl carbamates (subject to hydrolysis) is 2. The molecule has 0 aliphatic heterocycles. The maximum absolute atomic E-state index is 12.7. The molecule has 0 heterocycles. The number of benzene rings is 1. The predicted molar refractivity (Wildman–Crippen MR) is 141 cm³/mol. The summed E-state index contributed by atoms with van der Waals surface area (Å²) in [5.41, 5.74) is -0.725. The number of hydrogen-bond acceptors (Lipinski definition) is 10. The zero-order chi connectivity index (χ0) is 29.5. The highest BCUT2D eigenvalue weighted by Gasteiger charge is 2.28. The van der Waals surface area contributed by atoms with Crippen LogP contribution in [0.2, 0.25) is 0 Å². The fourth-order valence-electron chi connectivity index (χ4n) is 2.75. The summed E-state index contributed by atoms with van der Waals surface area (Å²) in [5.74, 6) is -1.42. The zero-order valence-corrected chi connectivity index (χ0v) is 23.6. The van der Waals surface area contributed by atoms with Gasteiger partial charge in [0.25, 0.3) is 0 Å². The number of nitrogens with one attached hydrogen (secondary N) is 3. The molecule has 1 rings (SSSR count). The first-order valence-corrected chi connectivity index (χ1v) is 12.4. The molecule has 1 aromatic rings. The monoisotopic (exact) mass is 552 g/mol. The van der Waals surface area contributed by atoms with E-state index in [2.05, 4.69) is 25.8 Å². The molecule has 0 unspecified atom stereocenters. The average molecular weight is 553 g/mol.